The van der Waals surface area contributed by atoms with Crippen molar-refractivity contribution < 1.29 is 19.7 Å². The average Bonchev–Trinajstić information content (AvgIpc) is 2.40. The fraction of sp³-hybridized carbons (Fsp3) is 0.917. The van der Waals surface area contributed by atoms with E-state index in [1.54, 1.807) is 6.92 Å². The van der Waals surface area contributed by atoms with Crippen LogP contribution in [-0.2, 0) is 9.53 Å². The van der Waals surface area contributed by atoms with Gasteiger partial charge in [0.25, 0.3) is 0 Å². The van der Waals surface area contributed by atoms with Crippen LogP contribution in [0.15, 0.2) is 0 Å². The van der Waals surface area contributed by atoms with Crippen molar-refractivity contribution in [3.05, 3.63) is 0 Å². The largest absolute Gasteiger partial charge is 0.456 e. The predicted octanol–water partition coefficient (Wildman–Crippen LogP) is 0.563. The van der Waals surface area contributed by atoms with Crippen LogP contribution in [0.4, 0.5) is 0 Å². The summed E-state index contributed by atoms with van der Waals surface area (Å²) in [5.41, 5.74) is -0.887. The van der Waals surface area contributed by atoms with Gasteiger partial charge in [0.15, 0.2) is 0 Å². The van der Waals surface area contributed by atoms with Crippen LogP contribution >= 0.6 is 0 Å². The van der Waals surface area contributed by atoms with Gasteiger partial charge in [-0.1, -0.05) is 13.8 Å². The molecule has 1 saturated carbocycles. The van der Waals surface area contributed by atoms with Crippen molar-refractivity contribution in [1.29, 1.82) is 0 Å². The zero-order chi connectivity index (χ0) is 12.1. The topological polar surface area (TPSA) is 66.8 Å². The fourth-order valence-electron chi connectivity index (χ4n) is 3.29. The normalized spacial score (nSPS) is 47.2. The molecular weight excluding hydrogens is 208 g/mol. The second-order valence-corrected chi connectivity index (χ2v) is 5.58. The van der Waals surface area contributed by atoms with E-state index in [-0.39, 0.29) is 30.3 Å². The van der Waals surface area contributed by atoms with Gasteiger partial charge in [-0.3, -0.25) is 4.79 Å². The summed E-state index contributed by atoms with van der Waals surface area (Å²) < 4.78 is 5.32. The van der Waals surface area contributed by atoms with Crippen molar-refractivity contribution in [2.75, 3.05) is 6.61 Å². The van der Waals surface area contributed by atoms with Gasteiger partial charge in [-0.05, 0) is 25.2 Å². The zero-order valence-electron chi connectivity index (χ0n) is 10.0. The first-order chi connectivity index (χ1) is 7.41. The lowest BCUT2D eigenvalue weighted by atomic mass is 9.63. The molecule has 1 saturated heterocycles. The van der Waals surface area contributed by atoms with Gasteiger partial charge in [-0.15, -0.1) is 0 Å². The molecular formula is C12H20O4. The Labute approximate surface area is 95.6 Å². The highest BCUT2D eigenvalue weighted by atomic mass is 16.6. The van der Waals surface area contributed by atoms with Crippen molar-refractivity contribution in [3.63, 3.8) is 0 Å². The summed E-state index contributed by atoms with van der Waals surface area (Å²) in [6.07, 6.45) is -0.0825. The van der Waals surface area contributed by atoms with E-state index in [1.165, 1.54) is 0 Å². The molecule has 0 aromatic carbocycles. The maximum atomic E-state index is 11.8. The standard InChI is InChI=1S/C12H20O4/c1-6(2)7-4-9(14)12(3)8(5-13)10(7)11(15)16-12/h6-10,13-14H,4-5H2,1-3H3/t7-,8-,9+,10-,12-/m1/s1. The molecule has 92 valence electrons. The van der Waals surface area contributed by atoms with Gasteiger partial charge in [-0.2, -0.15) is 0 Å². The van der Waals surface area contributed by atoms with Crippen LogP contribution in [0, 0.1) is 23.7 Å². The Hall–Kier alpha value is -0.610. The predicted molar refractivity (Wildman–Crippen MR) is 57.5 cm³/mol. The molecule has 0 aromatic heterocycles. The lowest BCUT2D eigenvalue weighted by molar-refractivity contribution is -0.159. The monoisotopic (exact) mass is 228 g/mol. The molecule has 2 fully saturated rings. The number of carbonyl (C=O) groups excluding carboxylic acids is 1. The van der Waals surface area contributed by atoms with E-state index in [0.29, 0.717) is 12.3 Å². The van der Waals surface area contributed by atoms with E-state index in [1.807, 2.05) is 13.8 Å². The summed E-state index contributed by atoms with van der Waals surface area (Å²) in [5.74, 6) is -0.356. The van der Waals surface area contributed by atoms with Crippen molar-refractivity contribution in [1.82, 2.24) is 0 Å². The number of hydrogen-bond acceptors (Lipinski definition) is 4. The van der Waals surface area contributed by atoms with Crippen LogP contribution in [0.2, 0.25) is 0 Å². The SMILES string of the molecule is CC(C)[C@H]1C[C@H](O)[C@]2(C)OC(=O)[C@H]1[C@H]2CO. The number of rotatable bonds is 2. The molecule has 2 N–H and O–H groups in total. The van der Waals surface area contributed by atoms with E-state index in [9.17, 15) is 15.0 Å². The summed E-state index contributed by atoms with van der Waals surface area (Å²) in [4.78, 5) is 11.8. The highest BCUT2D eigenvalue weighted by Crippen LogP contribution is 2.51. The number of hydrogen-bond donors (Lipinski definition) is 2. The van der Waals surface area contributed by atoms with Gasteiger partial charge in [0.1, 0.15) is 5.60 Å². The van der Waals surface area contributed by atoms with Crippen LogP contribution < -0.4 is 0 Å². The number of esters is 1. The van der Waals surface area contributed by atoms with Crippen LogP contribution in [0.1, 0.15) is 27.2 Å². The number of aliphatic hydroxyl groups is 2. The van der Waals surface area contributed by atoms with Gasteiger partial charge in [-0.25, -0.2) is 0 Å². The lowest BCUT2D eigenvalue weighted by Gasteiger charge is -2.42. The number of aliphatic hydroxyl groups excluding tert-OH is 2. The van der Waals surface area contributed by atoms with Gasteiger partial charge in [0.05, 0.1) is 18.6 Å². The first-order valence-corrected chi connectivity index (χ1v) is 5.93. The fourth-order valence-corrected chi connectivity index (χ4v) is 3.29. The molecule has 0 radical (unpaired) electrons. The van der Waals surface area contributed by atoms with Crippen LogP contribution in [0.3, 0.4) is 0 Å². The smallest absolute Gasteiger partial charge is 0.310 e. The molecule has 0 spiro atoms. The molecule has 1 aliphatic carbocycles. The minimum absolute atomic E-state index is 0.104. The molecule has 0 amide bonds. The highest BCUT2D eigenvalue weighted by molar-refractivity contribution is 5.77. The second-order valence-electron chi connectivity index (χ2n) is 5.58. The van der Waals surface area contributed by atoms with Crippen molar-refractivity contribution in [3.8, 4) is 0 Å². The van der Waals surface area contributed by atoms with Gasteiger partial charge < -0.3 is 14.9 Å². The van der Waals surface area contributed by atoms with E-state index in [4.69, 9.17) is 4.74 Å². The maximum Gasteiger partial charge on any atom is 0.310 e. The Bertz CT molecular complexity index is 301. The molecule has 5 atom stereocenters. The molecule has 16 heavy (non-hydrogen) atoms. The number of carbonyl (C=O) groups is 1. The highest BCUT2D eigenvalue weighted by Gasteiger charge is 2.62. The third-order valence-corrected chi connectivity index (χ3v) is 4.43. The summed E-state index contributed by atoms with van der Waals surface area (Å²) in [7, 11) is 0. The molecule has 1 heterocycles. The van der Waals surface area contributed by atoms with E-state index >= 15 is 0 Å². The van der Waals surface area contributed by atoms with E-state index in [2.05, 4.69) is 0 Å². The summed E-state index contributed by atoms with van der Waals surface area (Å²) in [6, 6.07) is 0. The van der Waals surface area contributed by atoms with Crippen molar-refractivity contribution in [2.45, 2.75) is 38.9 Å². The first-order valence-electron chi connectivity index (χ1n) is 5.93. The van der Waals surface area contributed by atoms with E-state index in [0.717, 1.165) is 0 Å². The Balaban J connectivity index is 2.37. The van der Waals surface area contributed by atoms with Crippen molar-refractivity contribution >= 4 is 5.97 Å². The van der Waals surface area contributed by atoms with Gasteiger partial charge in [0.2, 0.25) is 0 Å². The summed E-state index contributed by atoms with van der Waals surface area (Å²) in [5, 5.41) is 19.5. The Kier molecular flexibility index (Phi) is 2.75. The minimum Gasteiger partial charge on any atom is -0.456 e. The molecule has 2 aliphatic rings. The first kappa shape index (κ1) is 11.9. The van der Waals surface area contributed by atoms with Crippen LogP contribution in [-0.4, -0.2) is 34.5 Å². The molecule has 4 nitrogen and oxygen atoms in total. The zero-order valence-corrected chi connectivity index (χ0v) is 10.0. The number of fused-ring (bicyclic) bond motifs is 2. The van der Waals surface area contributed by atoms with Crippen LogP contribution in [0.5, 0.6) is 0 Å². The maximum absolute atomic E-state index is 11.8. The molecule has 2 bridgehead atoms. The second kappa shape index (κ2) is 3.70. The quantitative estimate of drug-likeness (QED) is 0.678. The third-order valence-electron chi connectivity index (χ3n) is 4.43. The molecule has 0 aromatic rings. The molecule has 0 unspecified atom stereocenters. The summed E-state index contributed by atoms with van der Waals surface area (Å²) >= 11 is 0. The molecule has 4 heteroatoms. The Morgan fingerprint density at radius 2 is 2.19 bits per heavy atom. The molecule has 2 rings (SSSR count). The van der Waals surface area contributed by atoms with Gasteiger partial charge >= 0.3 is 5.97 Å². The Morgan fingerprint density at radius 1 is 1.56 bits per heavy atom. The summed E-state index contributed by atoms with van der Waals surface area (Å²) in [6.45, 7) is 5.71. The van der Waals surface area contributed by atoms with Crippen molar-refractivity contribution in [2.24, 2.45) is 23.7 Å². The lowest BCUT2D eigenvalue weighted by Crippen LogP contribution is -2.53. The Morgan fingerprint density at radius 3 is 2.69 bits per heavy atom. The van der Waals surface area contributed by atoms with Crippen LogP contribution in [0.25, 0.3) is 0 Å². The minimum atomic E-state index is -0.887. The molecule has 1 aliphatic heterocycles. The third kappa shape index (κ3) is 1.39. The van der Waals surface area contributed by atoms with Gasteiger partial charge in [0, 0.05) is 5.92 Å². The number of ether oxygens (including phenoxy) is 1. The van der Waals surface area contributed by atoms with E-state index < -0.39 is 11.7 Å². The average molecular weight is 228 g/mol.